The third-order valence-corrected chi connectivity index (χ3v) is 15.2. The molecule has 0 spiro atoms. The van der Waals surface area contributed by atoms with E-state index in [0.29, 0.717) is 0 Å². The molecule has 0 N–H and O–H groups in total. The molecule has 0 amide bonds. The van der Waals surface area contributed by atoms with Crippen molar-refractivity contribution in [3.05, 3.63) is 194 Å². The van der Waals surface area contributed by atoms with Crippen LogP contribution >= 0.6 is 34.0 Å². The first-order valence-electron chi connectivity index (χ1n) is 20.3. The minimum Gasteiger partial charge on any atom is -0.456 e. The van der Waals surface area contributed by atoms with E-state index in [4.69, 9.17) is 9.40 Å². The quantitative estimate of drug-likeness (QED) is 0.167. The topological polar surface area (TPSA) is 29.3 Å². The van der Waals surface area contributed by atoms with Crippen molar-refractivity contribution >= 4 is 124 Å². The smallest absolute Gasteiger partial charge is 0.137 e. The summed E-state index contributed by atoms with van der Waals surface area (Å²) in [7, 11) is 0. The molecule has 0 aliphatic heterocycles. The number of nitrogens with zero attached hydrogens (tertiary/aromatic N) is 2. The Balaban J connectivity index is 1.03. The van der Waals surface area contributed by atoms with Crippen LogP contribution in [-0.4, -0.2) is 4.98 Å². The molecule has 13 rings (SSSR count). The van der Waals surface area contributed by atoms with Crippen LogP contribution in [0.15, 0.2) is 199 Å². The molecule has 4 aromatic heterocycles. The Kier molecular flexibility index (Phi) is 7.82. The van der Waals surface area contributed by atoms with Crippen LogP contribution in [0.25, 0.3) is 105 Å². The van der Waals surface area contributed by atoms with Crippen LogP contribution in [-0.2, 0) is 0 Å². The largest absolute Gasteiger partial charge is 0.456 e. The van der Waals surface area contributed by atoms with E-state index in [2.05, 4.69) is 187 Å². The lowest BCUT2D eigenvalue weighted by Gasteiger charge is -2.28. The molecule has 4 heterocycles. The number of hydrogen-bond donors (Lipinski definition) is 0. The zero-order chi connectivity index (χ0) is 40.0. The highest BCUT2D eigenvalue weighted by Gasteiger charge is 2.22. The van der Waals surface area contributed by atoms with Crippen molar-refractivity contribution in [1.82, 2.24) is 4.98 Å². The molecular weight excluding hydrogens is 801 g/mol. The fraction of sp³-hybridized carbons (Fsp3) is 0. The highest BCUT2D eigenvalue weighted by Crippen LogP contribution is 2.48. The average molecular weight is 833 g/mol. The molecule has 0 unspecified atom stereocenters. The van der Waals surface area contributed by atoms with Gasteiger partial charge in [-0.25, -0.2) is 4.98 Å². The maximum Gasteiger partial charge on any atom is 0.137 e. The predicted octanol–water partition coefficient (Wildman–Crippen LogP) is 17.4. The SMILES string of the molecule is c1ccc(-c2nc3cc4sc5cccc(-c6ccc(N(c7ccc8c(c7)oc7ccccc78)c7ccc8sc9ccccc9c8c7)c(-c7ccccc7)c6)c5c4cc3s2)cc1. The van der Waals surface area contributed by atoms with Crippen molar-refractivity contribution < 1.29 is 4.42 Å². The summed E-state index contributed by atoms with van der Waals surface area (Å²) < 4.78 is 12.8. The van der Waals surface area contributed by atoms with E-state index < -0.39 is 0 Å². The van der Waals surface area contributed by atoms with E-state index in [9.17, 15) is 0 Å². The van der Waals surface area contributed by atoms with Gasteiger partial charge in [0.25, 0.3) is 0 Å². The van der Waals surface area contributed by atoms with Gasteiger partial charge in [-0.3, -0.25) is 0 Å². The Bertz CT molecular complexity index is 3840. The van der Waals surface area contributed by atoms with Gasteiger partial charge in [0.1, 0.15) is 16.2 Å². The number of anilines is 3. The van der Waals surface area contributed by atoms with Gasteiger partial charge in [-0.1, -0.05) is 115 Å². The van der Waals surface area contributed by atoms with Crippen molar-refractivity contribution in [2.75, 3.05) is 4.90 Å². The van der Waals surface area contributed by atoms with Gasteiger partial charge < -0.3 is 9.32 Å². The molecule has 13 aromatic rings. The minimum absolute atomic E-state index is 0.866. The predicted molar refractivity (Wildman–Crippen MR) is 264 cm³/mol. The maximum absolute atomic E-state index is 6.51. The molecule has 0 saturated carbocycles. The molecule has 0 aliphatic rings. The molecule has 0 fully saturated rings. The Hall–Kier alpha value is -7.09. The first kappa shape index (κ1) is 34.7. The molecule has 0 atom stereocenters. The van der Waals surface area contributed by atoms with E-state index in [0.717, 1.165) is 66.2 Å². The summed E-state index contributed by atoms with van der Waals surface area (Å²) in [6, 6.07) is 70.3. The van der Waals surface area contributed by atoms with Gasteiger partial charge in [-0.15, -0.1) is 34.0 Å². The summed E-state index contributed by atoms with van der Waals surface area (Å²) in [5.41, 5.74) is 11.9. The number of aromatic nitrogens is 1. The van der Waals surface area contributed by atoms with E-state index in [1.165, 1.54) is 56.2 Å². The van der Waals surface area contributed by atoms with Gasteiger partial charge >= 0.3 is 0 Å². The number of furan rings is 1. The molecule has 6 heteroatoms. The summed E-state index contributed by atoms with van der Waals surface area (Å²) >= 11 is 5.46. The average Bonchev–Trinajstić information content (AvgIpc) is 4.10. The van der Waals surface area contributed by atoms with Crippen LogP contribution in [0.3, 0.4) is 0 Å². The van der Waals surface area contributed by atoms with Crippen LogP contribution in [0.2, 0.25) is 0 Å². The van der Waals surface area contributed by atoms with Crippen molar-refractivity contribution in [3.8, 4) is 32.8 Å². The number of thiazole rings is 1. The fourth-order valence-corrected chi connectivity index (χ4v) is 12.3. The number of fused-ring (bicyclic) bond motifs is 10. The van der Waals surface area contributed by atoms with Crippen molar-refractivity contribution in [2.45, 2.75) is 0 Å². The standard InChI is InChI=1S/C55H32N2OS3/c1-3-12-33(13-4-1)42-28-35(38-18-11-21-51-54(38)44-31-53-45(32-52(44)60-51)56-55(61-53)34-14-5-2-6-15-34)22-26-46(42)57(36-24-27-50-43(29-36)41-17-8-10-20-49(41)59-50)37-23-25-40-39-16-7-9-19-47(39)58-48(40)30-37/h1-32H. The molecule has 0 radical (unpaired) electrons. The molecule has 0 saturated heterocycles. The van der Waals surface area contributed by atoms with E-state index in [1.54, 1.807) is 11.3 Å². The van der Waals surface area contributed by atoms with Gasteiger partial charge in [0, 0.05) is 79.7 Å². The van der Waals surface area contributed by atoms with Gasteiger partial charge in [0.2, 0.25) is 0 Å². The molecule has 0 aliphatic carbocycles. The summed E-state index contributed by atoms with van der Waals surface area (Å²) in [5, 5.41) is 8.38. The highest BCUT2D eigenvalue weighted by atomic mass is 32.1. The second-order valence-electron chi connectivity index (χ2n) is 15.5. The summed E-state index contributed by atoms with van der Waals surface area (Å²) in [6.45, 7) is 0. The third kappa shape index (κ3) is 5.64. The molecule has 61 heavy (non-hydrogen) atoms. The molecule has 286 valence electrons. The van der Waals surface area contributed by atoms with Crippen LogP contribution in [0.5, 0.6) is 0 Å². The molecule has 3 nitrogen and oxygen atoms in total. The first-order chi connectivity index (χ1) is 30.2. The van der Waals surface area contributed by atoms with E-state index in [1.807, 2.05) is 34.8 Å². The fourth-order valence-electron chi connectivity index (χ4n) is 9.07. The summed E-state index contributed by atoms with van der Waals surface area (Å²) in [5.74, 6) is 0. The summed E-state index contributed by atoms with van der Waals surface area (Å²) in [4.78, 5) is 7.49. The molecular formula is C55H32N2OS3. The molecule has 9 aromatic carbocycles. The van der Waals surface area contributed by atoms with Gasteiger partial charge in [0.15, 0.2) is 0 Å². The van der Waals surface area contributed by atoms with Gasteiger partial charge in [-0.2, -0.15) is 0 Å². The lowest BCUT2D eigenvalue weighted by Crippen LogP contribution is -2.11. The number of para-hydroxylation sites is 1. The zero-order valence-corrected chi connectivity index (χ0v) is 35.0. The Morgan fingerprint density at radius 2 is 1.08 bits per heavy atom. The lowest BCUT2D eigenvalue weighted by molar-refractivity contribution is 0.669. The second kappa shape index (κ2) is 13.7. The second-order valence-corrected chi connectivity index (χ2v) is 18.7. The highest BCUT2D eigenvalue weighted by molar-refractivity contribution is 7.26. The van der Waals surface area contributed by atoms with Gasteiger partial charge in [0.05, 0.1) is 15.9 Å². The van der Waals surface area contributed by atoms with Crippen LogP contribution in [0.4, 0.5) is 17.1 Å². The van der Waals surface area contributed by atoms with E-state index >= 15 is 0 Å². The van der Waals surface area contributed by atoms with E-state index in [-0.39, 0.29) is 0 Å². The number of benzene rings is 9. The van der Waals surface area contributed by atoms with Crippen LogP contribution in [0, 0.1) is 0 Å². The minimum atomic E-state index is 0.866. The Labute approximate surface area is 362 Å². The number of thiophene rings is 2. The normalized spacial score (nSPS) is 11.9. The van der Waals surface area contributed by atoms with Gasteiger partial charge in [-0.05, 0) is 89.5 Å². The van der Waals surface area contributed by atoms with Crippen LogP contribution in [0.1, 0.15) is 0 Å². The third-order valence-electron chi connectivity index (χ3n) is 11.9. The Morgan fingerprint density at radius 3 is 1.97 bits per heavy atom. The maximum atomic E-state index is 6.51. The monoisotopic (exact) mass is 832 g/mol. The first-order valence-corrected chi connectivity index (χ1v) is 22.8. The zero-order valence-electron chi connectivity index (χ0n) is 32.5. The van der Waals surface area contributed by atoms with Crippen molar-refractivity contribution in [3.63, 3.8) is 0 Å². The number of hydrogen-bond acceptors (Lipinski definition) is 6. The van der Waals surface area contributed by atoms with Crippen LogP contribution < -0.4 is 4.90 Å². The lowest BCUT2D eigenvalue weighted by atomic mass is 9.94. The molecule has 0 bridgehead atoms. The van der Waals surface area contributed by atoms with Crippen molar-refractivity contribution in [2.24, 2.45) is 0 Å². The van der Waals surface area contributed by atoms with Crippen molar-refractivity contribution in [1.29, 1.82) is 0 Å². The number of rotatable bonds is 6. The Morgan fingerprint density at radius 1 is 0.377 bits per heavy atom. The summed E-state index contributed by atoms with van der Waals surface area (Å²) in [6.07, 6.45) is 0.